The average molecular weight is 351 g/mol. The smallest absolute Gasteiger partial charge is 0.163 e. The highest BCUT2D eigenvalue weighted by Crippen LogP contribution is 2.27. The third kappa shape index (κ3) is 3.40. The van der Waals surface area contributed by atoms with Gasteiger partial charge in [-0.2, -0.15) is 5.10 Å². The lowest BCUT2D eigenvalue weighted by molar-refractivity contribution is 0.391. The molecule has 26 heavy (non-hydrogen) atoms. The van der Waals surface area contributed by atoms with Gasteiger partial charge >= 0.3 is 0 Å². The van der Waals surface area contributed by atoms with Gasteiger partial charge in [0.05, 0.1) is 31.8 Å². The summed E-state index contributed by atoms with van der Waals surface area (Å²) < 4.78 is 12.5. The van der Waals surface area contributed by atoms with Crippen molar-refractivity contribution in [1.82, 2.24) is 19.7 Å². The summed E-state index contributed by atoms with van der Waals surface area (Å²) in [7, 11) is 3.27. The van der Waals surface area contributed by atoms with Crippen LogP contribution in [0, 0.1) is 19.3 Å². The van der Waals surface area contributed by atoms with Gasteiger partial charge in [-0.15, -0.1) is 12.3 Å². The Kier molecular flexibility index (Phi) is 5.23. The molecule has 3 rings (SSSR count). The van der Waals surface area contributed by atoms with Gasteiger partial charge in [0.15, 0.2) is 5.65 Å². The van der Waals surface area contributed by atoms with Gasteiger partial charge in [-0.05, 0) is 19.1 Å². The van der Waals surface area contributed by atoms with E-state index in [1.54, 1.807) is 14.2 Å². The molecule has 7 heteroatoms. The zero-order chi connectivity index (χ0) is 18.5. The fraction of sp³-hybridized carbons (Fsp3) is 0.316. The van der Waals surface area contributed by atoms with Crippen LogP contribution in [0.25, 0.3) is 11.0 Å². The number of ether oxygens (including phenoxy) is 2. The summed E-state index contributed by atoms with van der Waals surface area (Å²) in [6, 6.07) is 5.72. The molecule has 3 aromatic rings. The maximum atomic E-state index is 5.45. The summed E-state index contributed by atoms with van der Waals surface area (Å²) in [6.07, 6.45) is 7.49. The molecule has 0 amide bonds. The minimum atomic E-state index is 0.550. The van der Waals surface area contributed by atoms with Crippen LogP contribution in [0.2, 0.25) is 0 Å². The van der Waals surface area contributed by atoms with Gasteiger partial charge in [-0.3, -0.25) is 0 Å². The largest absolute Gasteiger partial charge is 0.497 e. The van der Waals surface area contributed by atoms with Crippen LogP contribution in [0.3, 0.4) is 0 Å². The summed E-state index contributed by atoms with van der Waals surface area (Å²) >= 11 is 0. The Labute approximate surface area is 152 Å². The summed E-state index contributed by atoms with van der Waals surface area (Å²) in [6.45, 7) is 3.12. The topological polar surface area (TPSA) is 74.1 Å². The highest BCUT2D eigenvalue weighted by Gasteiger charge is 2.14. The predicted octanol–water partition coefficient (Wildman–Crippen LogP) is 2.79. The fourth-order valence-electron chi connectivity index (χ4n) is 2.82. The van der Waals surface area contributed by atoms with Gasteiger partial charge in [-0.25, -0.2) is 14.6 Å². The Balaban J connectivity index is 1.88. The molecule has 0 bridgehead atoms. The maximum Gasteiger partial charge on any atom is 0.163 e. The molecule has 0 saturated carbocycles. The van der Waals surface area contributed by atoms with E-state index in [0.717, 1.165) is 39.6 Å². The van der Waals surface area contributed by atoms with E-state index in [1.807, 2.05) is 29.8 Å². The number of methoxy groups -OCH3 is 2. The standard InChI is InChI=1S/C19H21N5O2/c1-5-6-9-24-19-17(13(2)23-24)18(21-12-22-19)20-11-14-7-8-15(25-3)10-16(14)26-4/h1,7-8,10,12H,6,9,11H2,2-4H3,(H,20,21,22). The minimum absolute atomic E-state index is 0.550. The van der Waals surface area contributed by atoms with Crippen molar-refractivity contribution in [3.05, 3.63) is 35.8 Å². The quantitative estimate of drug-likeness (QED) is 0.660. The third-order valence-electron chi connectivity index (χ3n) is 4.11. The number of fused-ring (bicyclic) bond motifs is 1. The molecule has 0 aliphatic carbocycles. The third-order valence-corrected chi connectivity index (χ3v) is 4.11. The Hall–Kier alpha value is -3.27. The molecule has 0 radical (unpaired) electrons. The first kappa shape index (κ1) is 17.5. The summed E-state index contributed by atoms with van der Waals surface area (Å²) in [5, 5.41) is 8.80. The van der Waals surface area contributed by atoms with Crippen molar-refractivity contribution in [2.75, 3.05) is 19.5 Å². The van der Waals surface area contributed by atoms with Crippen molar-refractivity contribution in [2.24, 2.45) is 0 Å². The lowest BCUT2D eigenvalue weighted by atomic mass is 10.2. The molecule has 1 aromatic carbocycles. The van der Waals surface area contributed by atoms with Crippen molar-refractivity contribution < 1.29 is 9.47 Å². The van der Waals surface area contributed by atoms with Gasteiger partial charge in [0.25, 0.3) is 0 Å². The van der Waals surface area contributed by atoms with Gasteiger partial charge in [-0.1, -0.05) is 0 Å². The first-order chi connectivity index (χ1) is 12.7. The first-order valence-electron chi connectivity index (χ1n) is 8.24. The lowest BCUT2D eigenvalue weighted by Crippen LogP contribution is -2.05. The summed E-state index contributed by atoms with van der Waals surface area (Å²) in [5.74, 6) is 4.87. The molecular weight excluding hydrogens is 330 g/mol. The second kappa shape index (κ2) is 7.74. The Morgan fingerprint density at radius 2 is 2.08 bits per heavy atom. The number of anilines is 1. The van der Waals surface area contributed by atoms with E-state index >= 15 is 0 Å². The number of nitrogens with one attached hydrogen (secondary N) is 1. The van der Waals surface area contributed by atoms with E-state index in [0.29, 0.717) is 19.5 Å². The molecule has 2 aromatic heterocycles. The number of rotatable bonds is 7. The molecule has 0 spiro atoms. The van der Waals surface area contributed by atoms with Crippen LogP contribution < -0.4 is 14.8 Å². The molecule has 0 atom stereocenters. The fourth-order valence-corrected chi connectivity index (χ4v) is 2.82. The molecule has 134 valence electrons. The molecular formula is C19H21N5O2. The molecule has 1 N–H and O–H groups in total. The van der Waals surface area contributed by atoms with E-state index in [2.05, 4.69) is 26.3 Å². The van der Waals surface area contributed by atoms with E-state index in [9.17, 15) is 0 Å². The van der Waals surface area contributed by atoms with Crippen LogP contribution in [-0.2, 0) is 13.1 Å². The lowest BCUT2D eigenvalue weighted by Gasteiger charge is -2.12. The van der Waals surface area contributed by atoms with Crippen LogP contribution in [0.4, 0.5) is 5.82 Å². The number of hydrogen-bond acceptors (Lipinski definition) is 6. The zero-order valence-electron chi connectivity index (χ0n) is 15.1. The van der Waals surface area contributed by atoms with Crippen LogP contribution in [0.5, 0.6) is 11.5 Å². The van der Waals surface area contributed by atoms with Gasteiger partial charge in [0.1, 0.15) is 23.6 Å². The number of hydrogen-bond donors (Lipinski definition) is 1. The van der Waals surface area contributed by atoms with E-state index in [-0.39, 0.29) is 0 Å². The maximum absolute atomic E-state index is 5.45. The van der Waals surface area contributed by atoms with Crippen LogP contribution in [0.15, 0.2) is 24.5 Å². The molecule has 0 fully saturated rings. The predicted molar refractivity (Wildman–Crippen MR) is 100 cm³/mol. The minimum Gasteiger partial charge on any atom is -0.497 e. The van der Waals surface area contributed by atoms with Crippen LogP contribution in [-0.4, -0.2) is 34.0 Å². The second-order valence-electron chi connectivity index (χ2n) is 5.71. The number of terminal acetylenes is 1. The van der Waals surface area contributed by atoms with Crippen molar-refractivity contribution in [2.45, 2.75) is 26.4 Å². The van der Waals surface area contributed by atoms with Crippen molar-refractivity contribution in [3.63, 3.8) is 0 Å². The van der Waals surface area contributed by atoms with Gasteiger partial charge in [0.2, 0.25) is 0 Å². The molecule has 0 aliphatic rings. The van der Waals surface area contributed by atoms with Crippen molar-refractivity contribution >= 4 is 16.9 Å². The second-order valence-corrected chi connectivity index (χ2v) is 5.71. The monoisotopic (exact) mass is 351 g/mol. The molecule has 2 heterocycles. The number of aromatic nitrogens is 4. The first-order valence-corrected chi connectivity index (χ1v) is 8.24. The number of benzene rings is 1. The molecule has 0 saturated heterocycles. The van der Waals surface area contributed by atoms with Crippen LogP contribution in [0.1, 0.15) is 17.7 Å². The van der Waals surface area contributed by atoms with Crippen molar-refractivity contribution in [3.8, 4) is 23.8 Å². The highest BCUT2D eigenvalue weighted by molar-refractivity contribution is 5.89. The highest BCUT2D eigenvalue weighted by atomic mass is 16.5. The normalized spacial score (nSPS) is 10.5. The molecule has 0 unspecified atom stereocenters. The van der Waals surface area contributed by atoms with Crippen molar-refractivity contribution in [1.29, 1.82) is 0 Å². The summed E-state index contributed by atoms with van der Waals surface area (Å²) in [4.78, 5) is 8.75. The Morgan fingerprint density at radius 1 is 1.23 bits per heavy atom. The number of aryl methyl sites for hydroxylation is 2. The zero-order valence-corrected chi connectivity index (χ0v) is 15.1. The Bertz CT molecular complexity index is 958. The molecule has 0 aliphatic heterocycles. The SMILES string of the molecule is C#CCCn1nc(C)c2c(NCc3ccc(OC)cc3OC)ncnc21. The molecule has 7 nitrogen and oxygen atoms in total. The van der Waals surface area contributed by atoms with E-state index < -0.39 is 0 Å². The van der Waals surface area contributed by atoms with Gasteiger partial charge < -0.3 is 14.8 Å². The Morgan fingerprint density at radius 3 is 2.81 bits per heavy atom. The van der Waals surface area contributed by atoms with E-state index in [4.69, 9.17) is 15.9 Å². The van der Waals surface area contributed by atoms with Crippen LogP contribution >= 0.6 is 0 Å². The summed E-state index contributed by atoms with van der Waals surface area (Å²) in [5.41, 5.74) is 2.64. The van der Waals surface area contributed by atoms with Gasteiger partial charge in [0, 0.05) is 24.6 Å². The number of nitrogens with zero attached hydrogens (tertiary/aromatic N) is 4. The average Bonchev–Trinajstić information content (AvgIpc) is 3.01. The van der Waals surface area contributed by atoms with E-state index in [1.165, 1.54) is 6.33 Å².